The average molecular weight is 422 g/mol. The Balaban J connectivity index is 1.77. The second-order valence-corrected chi connectivity index (χ2v) is 8.69. The van der Waals surface area contributed by atoms with Gasteiger partial charge in [-0.3, -0.25) is 4.79 Å². The molecule has 9 nitrogen and oxygen atoms in total. The van der Waals surface area contributed by atoms with Crippen LogP contribution in [0.2, 0.25) is 0 Å². The third kappa shape index (κ3) is 5.01. The van der Waals surface area contributed by atoms with Crippen LogP contribution in [0.4, 0.5) is 5.82 Å². The van der Waals surface area contributed by atoms with Gasteiger partial charge in [-0.05, 0) is 36.8 Å². The Kier molecular flexibility index (Phi) is 6.66. The molecular weight excluding hydrogens is 394 g/mol. The van der Waals surface area contributed by atoms with Gasteiger partial charge in [0.1, 0.15) is 17.9 Å². The topological polar surface area (TPSA) is 128 Å². The summed E-state index contributed by atoms with van der Waals surface area (Å²) in [5.41, 5.74) is 1.15. The van der Waals surface area contributed by atoms with Crippen LogP contribution in [0.25, 0.3) is 10.9 Å². The molecule has 2 heterocycles. The van der Waals surface area contributed by atoms with Crippen LogP contribution < -0.4 is 19.5 Å². The van der Waals surface area contributed by atoms with Crippen LogP contribution in [0.1, 0.15) is 36.5 Å². The summed E-state index contributed by atoms with van der Waals surface area (Å²) in [6.07, 6.45) is 5.01. The quantitative estimate of drug-likeness (QED) is 0.618. The number of nitrogens with two attached hydrogens (primary N) is 1. The van der Waals surface area contributed by atoms with E-state index in [2.05, 4.69) is 26.5 Å². The zero-order chi connectivity index (χ0) is 21.0. The summed E-state index contributed by atoms with van der Waals surface area (Å²) in [4.78, 5) is 22.3. The number of anilines is 1. The molecule has 0 amide bonds. The van der Waals surface area contributed by atoms with Gasteiger partial charge in [0.05, 0.1) is 18.2 Å². The fraction of sp³-hybridized carbons (Fsp3) is 0.526. The molecule has 3 N–H and O–H groups in total. The molecule has 0 spiro atoms. The van der Waals surface area contributed by atoms with Crippen molar-refractivity contribution in [2.45, 2.75) is 26.2 Å². The van der Waals surface area contributed by atoms with Gasteiger partial charge in [0.15, 0.2) is 6.29 Å². The van der Waals surface area contributed by atoms with E-state index in [0.29, 0.717) is 29.3 Å². The van der Waals surface area contributed by atoms with Crippen LogP contribution >= 0.6 is 0 Å². The first-order valence-corrected chi connectivity index (χ1v) is 11.2. The number of nitrogens with zero attached hydrogens (tertiary/aromatic N) is 3. The molecule has 29 heavy (non-hydrogen) atoms. The Morgan fingerprint density at radius 2 is 2.07 bits per heavy atom. The lowest BCUT2D eigenvalue weighted by Gasteiger charge is -2.36. The van der Waals surface area contributed by atoms with Crippen LogP contribution in [0, 0.1) is 11.8 Å². The first-order valence-electron chi connectivity index (χ1n) is 9.66. The first-order chi connectivity index (χ1) is 13.9. The van der Waals surface area contributed by atoms with Crippen molar-refractivity contribution in [2.75, 3.05) is 31.6 Å². The molecule has 1 aliphatic heterocycles. The number of hydrogen-bond donors (Lipinski definition) is 2. The summed E-state index contributed by atoms with van der Waals surface area (Å²) in [6.45, 7) is 4.04. The van der Waals surface area contributed by atoms with Gasteiger partial charge in [0, 0.05) is 25.0 Å². The Morgan fingerprint density at radius 1 is 1.34 bits per heavy atom. The highest BCUT2D eigenvalue weighted by molar-refractivity contribution is 7.87. The Labute approximate surface area is 170 Å². The van der Waals surface area contributed by atoms with E-state index in [-0.39, 0.29) is 5.92 Å². The number of carbonyl (C=O) groups excluding carboxylic acids is 1. The molecular formula is C19H27N5O4S. The maximum absolute atomic E-state index is 11.3. The van der Waals surface area contributed by atoms with Crippen molar-refractivity contribution >= 4 is 33.2 Å². The van der Waals surface area contributed by atoms with Gasteiger partial charge in [-0.1, -0.05) is 13.3 Å². The van der Waals surface area contributed by atoms with Crippen molar-refractivity contribution in [1.29, 1.82) is 0 Å². The third-order valence-electron chi connectivity index (χ3n) is 5.67. The second-order valence-electron chi connectivity index (χ2n) is 7.31. The summed E-state index contributed by atoms with van der Waals surface area (Å²) < 4.78 is 30.2. The zero-order valence-electron chi connectivity index (χ0n) is 16.7. The minimum absolute atomic E-state index is 0.243. The zero-order valence-corrected chi connectivity index (χ0v) is 17.5. The SMILES string of the molecule is CCC(CNS(N)(=O)=O)C1CCN(c2ncnc3cc(C=O)c(OC)cc23)CC1. The molecule has 1 aliphatic rings. The molecule has 1 aromatic carbocycles. The average Bonchev–Trinajstić information content (AvgIpc) is 2.72. The van der Waals surface area contributed by atoms with Gasteiger partial charge in [0.2, 0.25) is 0 Å². The number of benzene rings is 1. The van der Waals surface area contributed by atoms with Crippen LogP contribution in [0.5, 0.6) is 5.75 Å². The van der Waals surface area contributed by atoms with Gasteiger partial charge < -0.3 is 9.64 Å². The fourth-order valence-electron chi connectivity index (χ4n) is 4.06. The molecule has 1 fully saturated rings. The predicted octanol–water partition coefficient (Wildman–Crippen LogP) is 1.49. The van der Waals surface area contributed by atoms with Crippen molar-refractivity contribution in [3.63, 3.8) is 0 Å². The molecule has 158 valence electrons. The highest BCUT2D eigenvalue weighted by Crippen LogP contribution is 2.33. The molecule has 2 aromatic rings. The summed E-state index contributed by atoms with van der Waals surface area (Å²) in [5.74, 6) is 1.97. The highest BCUT2D eigenvalue weighted by atomic mass is 32.2. The lowest BCUT2D eigenvalue weighted by molar-refractivity contribution is 0.112. The number of hydrogen-bond acceptors (Lipinski definition) is 7. The molecule has 10 heteroatoms. The van der Waals surface area contributed by atoms with Crippen molar-refractivity contribution in [3.8, 4) is 5.75 Å². The number of aldehydes is 1. The Morgan fingerprint density at radius 3 is 2.66 bits per heavy atom. The largest absolute Gasteiger partial charge is 0.496 e. The summed E-state index contributed by atoms with van der Waals surface area (Å²) in [7, 11) is -2.14. The smallest absolute Gasteiger partial charge is 0.274 e. The van der Waals surface area contributed by atoms with Crippen molar-refractivity contribution in [3.05, 3.63) is 24.0 Å². The highest BCUT2D eigenvalue weighted by Gasteiger charge is 2.27. The van der Waals surface area contributed by atoms with Gasteiger partial charge >= 0.3 is 0 Å². The van der Waals surface area contributed by atoms with Gasteiger partial charge in [-0.2, -0.15) is 8.42 Å². The standard InChI is InChI=1S/C19H27N5O4S/c1-3-13(10-23-29(20,26)27)14-4-6-24(7-5-14)19-16-9-18(28-2)15(11-25)8-17(16)21-12-22-19/h8-9,11-14,23H,3-7,10H2,1-2H3,(H2,20,26,27). The first kappa shape index (κ1) is 21.4. The van der Waals surface area contributed by atoms with Crippen LogP contribution in [-0.4, -0.2) is 51.4 Å². The van der Waals surface area contributed by atoms with Crippen molar-refractivity contribution < 1.29 is 17.9 Å². The third-order valence-corrected chi connectivity index (χ3v) is 6.24. The van der Waals surface area contributed by atoms with E-state index in [9.17, 15) is 13.2 Å². The van der Waals surface area contributed by atoms with Crippen molar-refractivity contribution in [2.24, 2.45) is 17.0 Å². The maximum Gasteiger partial charge on any atom is 0.274 e. The van der Waals surface area contributed by atoms with Crippen LogP contribution in [-0.2, 0) is 10.2 Å². The van der Waals surface area contributed by atoms with Crippen molar-refractivity contribution in [1.82, 2.24) is 14.7 Å². The number of methoxy groups -OCH3 is 1. The number of nitrogens with one attached hydrogen (secondary N) is 1. The lowest BCUT2D eigenvalue weighted by atomic mass is 9.83. The molecule has 0 bridgehead atoms. The number of ether oxygens (including phenoxy) is 1. The summed E-state index contributed by atoms with van der Waals surface area (Å²) in [6, 6.07) is 3.52. The molecule has 1 saturated heterocycles. The summed E-state index contributed by atoms with van der Waals surface area (Å²) >= 11 is 0. The number of rotatable bonds is 8. The van der Waals surface area contributed by atoms with Crippen LogP contribution in [0.15, 0.2) is 18.5 Å². The Bertz CT molecular complexity index is 974. The predicted molar refractivity (Wildman–Crippen MR) is 111 cm³/mol. The Hall–Kier alpha value is -2.30. The number of aromatic nitrogens is 2. The van der Waals surface area contributed by atoms with Gasteiger partial charge in [0.25, 0.3) is 10.2 Å². The van der Waals surface area contributed by atoms with Crippen LogP contribution in [0.3, 0.4) is 0 Å². The van der Waals surface area contributed by atoms with E-state index in [4.69, 9.17) is 9.88 Å². The molecule has 1 unspecified atom stereocenters. The van der Waals surface area contributed by atoms with E-state index >= 15 is 0 Å². The summed E-state index contributed by atoms with van der Waals surface area (Å²) in [5, 5.41) is 5.91. The van der Waals surface area contributed by atoms with E-state index in [1.54, 1.807) is 6.07 Å². The molecule has 1 aromatic heterocycles. The van der Waals surface area contributed by atoms with E-state index < -0.39 is 10.2 Å². The normalized spacial score (nSPS) is 16.7. The van der Waals surface area contributed by atoms with E-state index in [1.165, 1.54) is 13.4 Å². The van der Waals surface area contributed by atoms with Gasteiger partial charge in [-0.15, -0.1) is 0 Å². The monoisotopic (exact) mass is 421 g/mol. The fourth-order valence-corrected chi connectivity index (χ4v) is 4.50. The molecule has 0 radical (unpaired) electrons. The van der Waals surface area contributed by atoms with E-state index in [1.807, 2.05) is 6.07 Å². The number of fused-ring (bicyclic) bond motifs is 1. The maximum atomic E-state index is 11.3. The van der Waals surface area contributed by atoms with Gasteiger partial charge in [-0.25, -0.2) is 19.8 Å². The molecule has 1 atom stereocenters. The molecule has 0 saturated carbocycles. The molecule has 0 aliphatic carbocycles. The lowest BCUT2D eigenvalue weighted by Crippen LogP contribution is -2.41. The minimum atomic E-state index is -3.67. The second kappa shape index (κ2) is 9.02. The molecule has 3 rings (SSSR count). The number of carbonyl (C=O) groups is 1. The van der Waals surface area contributed by atoms with E-state index in [0.717, 1.165) is 49.8 Å². The number of piperidine rings is 1. The minimum Gasteiger partial charge on any atom is -0.496 e.